The number of rotatable bonds is 5. The summed E-state index contributed by atoms with van der Waals surface area (Å²) >= 11 is 6.48. The second-order valence-electron chi connectivity index (χ2n) is 8.07. The third-order valence-electron chi connectivity index (χ3n) is 6.10. The van der Waals surface area contributed by atoms with E-state index in [1.54, 1.807) is 0 Å². The van der Waals surface area contributed by atoms with Gasteiger partial charge in [0, 0.05) is 17.5 Å². The SMILES string of the molecule is CCc1nc2c(c(=O)n1C(C)CC)c1nc3ccccc3nc1n2Cc1ccccc1Cl. The van der Waals surface area contributed by atoms with Crippen molar-refractivity contribution in [3.05, 3.63) is 75.3 Å². The van der Waals surface area contributed by atoms with Gasteiger partial charge in [-0.15, -0.1) is 0 Å². The molecule has 5 aromatic rings. The minimum absolute atomic E-state index is 0.0460. The van der Waals surface area contributed by atoms with Crippen LogP contribution in [0.15, 0.2) is 53.3 Å². The second-order valence-corrected chi connectivity index (χ2v) is 8.48. The summed E-state index contributed by atoms with van der Waals surface area (Å²) in [6.07, 6.45) is 1.50. The van der Waals surface area contributed by atoms with Crippen LogP contribution < -0.4 is 5.56 Å². The van der Waals surface area contributed by atoms with Crippen molar-refractivity contribution < 1.29 is 0 Å². The fraction of sp³-hybridized carbons (Fsp3) is 0.280. The molecule has 0 radical (unpaired) electrons. The Labute approximate surface area is 190 Å². The van der Waals surface area contributed by atoms with E-state index in [1.165, 1.54) is 0 Å². The molecule has 0 amide bonds. The molecule has 3 aromatic heterocycles. The number of halogens is 1. The van der Waals surface area contributed by atoms with E-state index in [1.807, 2.05) is 64.6 Å². The van der Waals surface area contributed by atoms with Gasteiger partial charge in [-0.05, 0) is 37.1 Å². The molecule has 5 rings (SSSR count). The molecule has 7 heteroatoms. The number of benzene rings is 2. The molecule has 1 atom stereocenters. The average molecular weight is 446 g/mol. The lowest BCUT2D eigenvalue weighted by atomic mass is 10.2. The summed E-state index contributed by atoms with van der Waals surface area (Å²) in [6, 6.07) is 15.5. The highest BCUT2D eigenvalue weighted by Gasteiger charge is 2.23. The van der Waals surface area contributed by atoms with Crippen LogP contribution in [0.25, 0.3) is 33.2 Å². The van der Waals surface area contributed by atoms with E-state index in [0.717, 1.165) is 28.8 Å². The highest BCUT2D eigenvalue weighted by Crippen LogP contribution is 2.28. The molecule has 1 unspecified atom stereocenters. The van der Waals surface area contributed by atoms with Crippen molar-refractivity contribution in [2.75, 3.05) is 0 Å². The molecule has 2 aromatic carbocycles. The predicted molar refractivity (Wildman–Crippen MR) is 130 cm³/mol. The summed E-state index contributed by atoms with van der Waals surface area (Å²) in [5.74, 6) is 0.768. The molecule has 3 heterocycles. The van der Waals surface area contributed by atoms with Crippen LogP contribution in [0.1, 0.15) is 44.6 Å². The minimum Gasteiger partial charge on any atom is -0.304 e. The van der Waals surface area contributed by atoms with Crippen LogP contribution in [-0.2, 0) is 13.0 Å². The van der Waals surface area contributed by atoms with Gasteiger partial charge in [0.05, 0.1) is 17.6 Å². The van der Waals surface area contributed by atoms with E-state index in [9.17, 15) is 4.79 Å². The van der Waals surface area contributed by atoms with Crippen LogP contribution >= 0.6 is 11.6 Å². The Morgan fingerprint density at radius 3 is 2.31 bits per heavy atom. The summed E-state index contributed by atoms with van der Waals surface area (Å²) in [4.78, 5) is 28.6. The van der Waals surface area contributed by atoms with Crippen molar-refractivity contribution in [3.63, 3.8) is 0 Å². The number of nitrogens with zero attached hydrogens (tertiary/aromatic N) is 5. The maximum atomic E-state index is 13.8. The molecule has 0 fully saturated rings. The smallest absolute Gasteiger partial charge is 0.265 e. The van der Waals surface area contributed by atoms with E-state index < -0.39 is 0 Å². The molecule has 0 saturated carbocycles. The zero-order chi connectivity index (χ0) is 22.4. The van der Waals surface area contributed by atoms with Crippen LogP contribution in [0.4, 0.5) is 0 Å². The van der Waals surface area contributed by atoms with E-state index in [0.29, 0.717) is 40.2 Å². The zero-order valence-electron chi connectivity index (χ0n) is 18.3. The summed E-state index contributed by atoms with van der Waals surface area (Å²) in [5, 5.41) is 1.18. The van der Waals surface area contributed by atoms with E-state index in [2.05, 4.69) is 13.8 Å². The Morgan fingerprint density at radius 1 is 0.938 bits per heavy atom. The molecule has 0 aliphatic heterocycles. The van der Waals surface area contributed by atoms with Crippen molar-refractivity contribution in [1.82, 2.24) is 24.1 Å². The molecular formula is C25H24ClN5O. The Balaban J connectivity index is 1.93. The first kappa shape index (κ1) is 20.6. The maximum Gasteiger partial charge on any atom is 0.265 e. The molecule has 0 N–H and O–H groups in total. The van der Waals surface area contributed by atoms with Crippen LogP contribution in [0.5, 0.6) is 0 Å². The number of aromatic nitrogens is 5. The standard InChI is InChI=1S/C25H24ClN5O/c1-4-15(3)31-20(5-2)29-23-21(25(31)32)22-24(28-19-13-9-8-12-18(19)27-22)30(23)14-16-10-6-7-11-17(16)26/h6-13,15H,4-5,14H2,1-3H3. The van der Waals surface area contributed by atoms with Crippen molar-refractivity contribution >= 4 is 44.8 Å². The molecule has 0 aliphatic rings. The largest absolute Gasteiger partial charge is 0.304 e. The van der Waals surface area contributed by atoms with Crippen molar-refractivity contribution in [2.45, 2.75) is 46.2 Å². The number of aryl methyl sites for hydroxylation is 1. The topological polar surface area (TPSA) is 65.6 Å². The summed E-state index contributed by atoms with van der Waals surface area (Å²) in [5.41, 5.74) is 4.25. The molecule has 0 bridgehead atoms. The zero-order valence-corrected chi connectivity index (χ0v) is 19.1. The van der Waals surface area contributed by atoms with Gasteiger partial charge in [-0.3, -0.25) is 9.36 Å². The van der Waals surface area contributed by atoms with Crippen LogP contribution in [0, 0.1) is 0 Å². The highest BCUT2D eigenvalue weighted by atomic mass is 35.5. The molecule has 0 aliphatic carbocycles. The van der Waals surface area contributed by atoms with Gasteiger partial charge in [0.25, 0.3) is 5.56 Å². The van der Waals surface area contributed by atoms with Gasteiger partial charge < -0.3 is 4.57 Å². The molecule has 32 heavy (non-hydrogen) atoms. The van der Waals surface area contributed by atoms with E-state index >= 15 is 0 Å². The molecule has 0 saturated heterocycles. The van der Waals surface area contributed by atoms with Crippen molar-refractivity contribution in [3.8, 4) is 0 Å². The first-order valence-corrected chi connectivity index (χ1v) is 11.3. The fourth-order valence-corrected chi connectivity index (χ4v) is 4.44. The maximum absolute atomic E-state index is 13.8. The van der Waals surface area contributed by atoms with Gasteiger partial charge in [0.15, 0.2) is 11.3 Å². The Hall–Kier alpha value is -3.25. The first-order valence-electron chi connectivity index (χ1n) is 11.0. The lowest BCUT2D eigenvalue weighted by Crippen LogP contribution is -2.28. The Bertz CT molecular complexity index is 1540. The Morgan fingerprint density at radius 2 is 1.62 bits per heavy atom. The third kappa shape index (κ3) is 3.17. The summed E-state index contributed by atoms with van der Waals surface area (Å²) in [7, 11) is 0. The number of hydrogen-bond donors (Lipinski definition) is 0. The average Bonchev–Trinajstić information content (AvgIpc) is 3.10. The van der Waals surface area contributed by atoms with Gasteiger partial charge in [0.1, 0.15) is 16.7 Å². The molecule has 6 nitrogen and oxygen atoms in total. The number of para-hydroxylation sites is 2. The lowest BCUT2D eigenvalue weighted by molar-refractivity contribution is 0.488. The number of fused-ring (bicyclic) bond motifs is 4. The Kier molecular flexibility index (Phi) is 5.18. The van der Waals surface area contributed by atoms with Crippen molar-refractivity contribution in [2.24, 2.45) is 0 Å². The summed E-state index contributed by atoms with van der Waals surface area (Å²) in [6.45, 7) is 6.61. The van der Waals surface area contributed by atoms with Crippen LogP contribution in [0.2, 0.25) is 5.02 Å². The van der Waals surface area contributed by atoms with Crippen LogP contribution in [0.3, 0.4) is 0 Å². The fourth-order valence-electron chi connectivity index (χ4n) is 4.25. The quantitative estimate of drug-likeness (QED) is 0.356. The summed E-state index contributed by atoms with van der Waals surface area (Å²) < 4.78 is 3.80. The van der Waals surface area contributed by atoms with E-state index in [-0.39, 0.29) is 11.6 Å². The van der Waals surface area contributed by atoms with E-state index in [4.69, 9.17) is 26.6 Å². The lowest BCUT2D eigenvalue weighted by Gasteiger charge is -2.17. The van der Waals surface area contributed by atoms with Crippen LogP contribution in [-0.4, -0.2) is 24.1 Å². The van der Waals surface area contributed by atoms with Gasteiger partial charge in [-0.25, -0.2) is 15.0 Å². The van der Waals surface area contributed by atoms with Gasteiger partial charge in [0.2, 0.25) is 0 Å². The van der Waals surface area contributed by atoms with Gasteiger partial charge >= 0.3 is 0 Å². The third-order valence-corrected chi connectivity index (χ3v) is 6.47. The first-order chi connectivity index (χ1) is 15.5. The monoisotopic (exact) mass is 445 g/mol. The van der Waals surface area contributed by atoms with Crippen molar-refractivity contribution in [1.29, 1.82) is 0 Å². The normalized spacial score (nSPS) is 12.8. The molecular weight excluding hydrogens is 422 g/mol. The molecule has 0 spiro atoms. The predicted octanol–water partition coefficient (Wildman–Crippen LogP) is 5.53. The van der Waals surface area contributed by atoms with Gasteiger partial charge in [-0.1, -0.05) is 55.8 Å². The molecule has 162 valence electrons. The number of hydrogen-bond acceptors (Lipinski definition) is 4. The minimum atomic E-state index is -0.0614. The van der Waals surface area contributed by atoms with Gasteiger partial charge in [-0.2, -0.15) is 0 Å². The highest BCUT2D eigenvalue weighted by molar-refractivity contribution is 6.31. The second kappa shape index (κ2) is 8.02.